The number of halogens is 3. The summed E-state index contributed by atoms with van der Waals surface area (Å²) in [6.45, 7) is 0. The minimum Gasteiger partial charge on any atom is -0.406 e. The number of hydrogen-bond donors (Lipinski definition) is 2. The predicted molar refractivity (Wildman–Crippen MR) is 95.6 cm³/mol. The molecule has 0 spiro atoms. The van der Waals surface area contributed by atoms with E-state index in [1.165, 1.54) is 34.8 Å². The van der Waals surface area contributed by atoms with Gasteiger partial charge in [0.2, 0.25) is 0 Å². The van der Waals surface area contributed by atoms with Gasteiger partial charge in [0.1, 0.15) is 5.75 Å². The summed E-state index contributed by atoms with van der Waals surface area (Å²) in [7, 11) is 3.50. The SMILES string of the molecule is CNSc1ccc(Nc2cccc(OC(F)(F)F)c2)c(-c2nnnn2C)c1. The van der Waals surface area contributed by atoms with Crippen LogP contribution in [-0.2, 0) is 7.05 Å². The zero-order valence-electron chi connectivity index (χ0n) is 14.3. The molecule has 11 heteroatoms. The Morgan fingerprint density at radius 3 is 2.63 bits per heavy atom. The number of benzene rings is 2. The maximum atomic E-state index is 12.4. The third-order valence-electron chi connectivity index (χ3n) is 3.42. The van der Waals surface area contributed by atoms with E-state index >= 15 is 0 Å². The highest BCUT2D eigenvalue weighted by molar-refractivity contribution is 7.97. The average molecular weight is 396 g/mol. The number of aromatic nitrogens is 4. The first kappa shape index (κ1) is 19.0. The topological polar surface area (TPSA) is 76.9 Å². The molecule has 3 aromatic rings. The van der Waals surface area contributed by atoms with Crippen molar-refractivity contribution in [3.63, 3.8) is 0 Å². The predicted octanol–water partition coefficient (Wildman–Crippen LogP) is 3.75. The molecule has 0 aliphatic heterocycles. The molecule has 7 nitrogen and oxygen atoms in total. The summed E-state index contributed by atoms with van der Waals surface area (Å²) >= 11 is 1.42. The molecule has 0 amide bonds. The van der Waals surface area contributed by atoms with Gasteiger partial charge in [-0.2, -0.15) is 0 Å². The van der Waals surface area contributed by atoms with E-state index in [-0.39, 0.29) is 5.75 Å². The second-order valence-electron chi connectivity index (χ2n) is 5.34. The molecule has 3 rings (SSSR count). The van der Waals surface area contributed by atoms with Gasteiger partial charge in [0, 0.05) is 34.9 Å². The Hall–Kier alpha value is -2.79. The second-order valence-corrected chi connectivity index (χ2v) is 6.42. The van der Waals surface area contributed by atoms with E-state index in [9.17, 15) is 13.2 Å². The standard InChI is InChI=1S/C16H15F3N6OS/c1-20-27-12-6-7-14(13(9-12)15-22-23-24-25(15)2)21-10-4-3-5-11(8-10)26-16(17,18)19/h3-9,20-21H,1-2H3. The van der Waals surface area contributed by atoms with Gasteiger partial charge in [-0.15, -0.1) is 18.3 Å². The van der Waals surface area contributed by atoms with Gasteiger partial charge in [0.25, 0.3) is 0 Å². The summed E-state index contributed by atoms with van der Waals surface area (Å²) in [5.41, 5.74) is 1.77. The Balaban J connectivity index is 1.95. The molecule has 1 aromatic heterocycles. The van der Waals surface area contributed by atoms with Crippen LogP contribution in [0, 0.1) is 0 Å². The number of nitrogens with zero attached hydrogens (tertiary/aromatic N) is 4. The van der Waals surface area contributed by atoms with Crippen molar-refractivity contribution < 1.29 is 17.9 Å². The van der Waals surface area contributed by atoms with Gasteiger partial charge in [-0.05, 0) is 59.8 Å². The fourth-order valence-corrected chi connectivity index (χ4v) is 2.93. The number of ether oxygens (including phenoxy) is 1. The van der Waals surface area contributed by atoms with Crippen LogP contribution in [-0.4, -0.2) is 33.6 Å². The van der Waals surface area contributed by atoms with E-state index in [0.29, 0.717) is 22.8 Å². The highest BCUT2D eigenvalue weighted by Gasteiger charge is 2.31. The van der Waals surface area contributed by atoms with Gasteiger partial charge in [-0.1, -0.05) is 6.07 Å². The first-order chi connectivity index (χ1) is 12.9. The normalized spacial score (nSPS) is 11.4. The third-order valence-corrected chi connectivity index (χ3v) is 4.11. The quantitative estimate of drug-likeness (QED) is 0.615. The van der Waals surface area contributed by atoms with Gasteiger partial charge in [-0.3, -0.25) is 4.72 Å². The van der Waals surface area contributed by atoms with Crippen molar-refractivity contribution in [1.82, 2.24) is 24.9 Å². The van der Waals surface area contributed by atoms with Gasteiger partial charge >= 0.3 is 6.36 Å². The van der Waals surface area contributed by atoms with Crippen LogP contribution < -0.4 is 14.8 Å². The second kappa shape index (κ2) is 7.84. The Morgan fingerprint density at radius 1 is 1.15 bits per heavy atom. The largest absolute Gasteiger partial charge is 0.573 e. The summed E-state index contributed by atoms with van der Waals surface area (Å²) in [6, 6.07) is 11.2. The van der Waals surface area contributed by atoms with E-state index in [0.717, 1.165) is 4.90 Å². The Bertz CT molecular complexity index is 931. The fourth-order valence-electron chi connectivity index (χ4n) is 2.38. The van der Waals surface area contributed by atoms with E-state index < -0.39 is 6.36 Å². The van der Waals surface area contributed by atoms with Crippen molar-refractivity contribution in [2.24, 2.45) is 7.05 Å². The molecule has 0 unspecified atom stereocenters. The number of anilines is 2. The van der Waals surface area contributed by atoms with Crippen LogP contribution in [0.1, 0.15) is 0 Å². The van der Waals surface area contributed by atoms with E-state index in [1.807, 2.05) is 12.1 Å². The van der Waals surface area contributed by atoms with Crippen molar-refractivity contribution in [3.05, 3.63) is 42.5 Å². The molecule has 1 heterocycles. The molecule has 0 saturated heterocycles. The first-order valence-electron chi connectivity index (χ1n) is 7.69. The molecule has 142 valence electrons. The maximum Gasteiger partial charge on any atom is 0.573 e. The summed E-state index contributed by atoms with van der Waals surface area (Å²) in [5.74, 6) is 0.204. The number of hydrogen-bond acceptors (Lipinski definition) is 7. The average Bonchev–Trinajstić information content (AvgIpc) is 3.01. The number of rotatable bonds is 6. The number of alkyl halides is 3. The lowest BCUT2D eigenvalue weighted by atomic mass is 10.1. The minimum absolute atomic E-state index is 0.309. The van der Waals surface area contributed by atoms with Gasteiger partial charge in [0.05, 0.1) is 0 Å². The lowest BCUT2D eigenvalue weighted by molar-refractivity contribution is -0.274. The molecule has 0 radical (unpaired) electrons. The van der Waals surface area contributed by atoms with E-state index in [2.05, 4.69) is 30.3 Å². The Kier molecular flexibility index (Phi) is 5.51. The van der Waals surface area contributed by atoms with Crippen LogP contribution in [0.5, 0.6) is 5.75 Å². The summed E-state index contributed by atoms with van der Waals surface area (Å²) < 4.78 is 45.8. The Labute approximate surface area is 157 Å². The van der Waals surface area contributed by atoms with Gasteiger partial charge < -0.3 is 10.1 Å². The molecule has 0 aliphatic carbocycles. The number of nitrogens with one attached hydrogen (secondary N) is 2. The van der Waals surface area contributed by atoms with Crippen molar-refractivity contribution >= 4 is 23.3 Å². The summed E-state index contributed by atoms with van der Waals surface area (Å²) in [5, 5.41) is 14.6. The molecular weight excluding hydrogens is 381 g/mol. The Morgan fingerprint density at radius 2 is 1.96 bits per heavy atom. The number of aryl methyl sites for hydroxylation is 1. The fraction of sp³-hybridized carbons (Fsp3) is 0.188. The van der Waals surface area contributed by atoms with Crippen molar-refractivity contribution in [2.75, 3.05) is 12.4 Å². The third kappa shape index (κ3) is 4.89. The van der Waals surface area contributed by atoms with Crippen LogP contribution in [0.15, 0.2) is 47.4 Å². The van der Waals surface area contributed by atoms with Gasteiger partial charge in [0.15, 0.2) is 5.82 Å². The molecular formula is C16H15F3N6OS. The maximum absolute atomic E-state index is 12.4. The van der Waals surface area contributed by atoms with E-state index in [1.54, 1.807) is 26.2 Å². The highest BCUT2D eigenvalue weighted by atomic mass is 32.2. The zero-order valence-corrected chi connectivity index (χ0v) is 15.1. The molecule has 0 saturated carbocycles. The molecule has 0 atom stereocenters. The summed E-state index contributed by atoms with van der Waals surface area (Å²) in [4.78, 5) is 0.926. The van der Waals surface area contributed by atoms with Crippen LogP contribution in [0.3, 0.4) is 0 Å². The molecule has 0 aliphatic rings. The van der Waals surface area contributed by atoms with E-state index in [4.69, 9.17) is 0 Å². The first-order valence-corrected chi connectivity index (χ1v) is 8.50. The minimum atomic E-state index is -4.75. The smallest absolute Gasteiger partial charge is 0.406 e. The molecule has 2 aromatic carbocycles. The van der Waals surface area contributed by atoms with Gasteiger partial charge in [-0.25, -0.2) is 4.68 Å². The molecule has 0 bridgehead atoms. The molecule has 27 heavy (non-hydrogen) atoms. The lowest BCUT2D eigenvalue weighted by Crippen LogP contribution is -2.17. The molecule has 2 N–H and O–H groups in total. The van der Waals surface area contributed by atoms with Crippen molar-refractivity contribution in [2.45, 2.75) is 11.3 Å². The van der Waals surface area contributed by atoms with Crippen molar-refractivity contribution in [3.8, 4) is 17.1 Å². The highest BCUT2D eigenvalue weighted by Crippen LogP contribution is 2.33. The van der Waals surface area contributed by atoms with Crippen LogP contribution in [0.25, 0.3) is 11.4 Å². The van der Waals surface area contributed by atoms with Crippen LogP contribution in [0.4, 0.5) is 24.5 Å². The lowest BCUT2D eigenvalue weighted by Gasteiger charge is -2.14. The summed E-state index contributed by atoms with van der Waals surface area (Å²) in [6.07, 6.45) is -4.75. The van der Waals surface area contributed by atoms with Crippen molar-refractivity contribution in [1.29, 1.82) is 0 Å². The monoisotopic (exact) mass is 396 g/mol. The molecule has 0 fully saturated rings. The van der Waals surface area contributed by atoms with Crippen LogP contribution in [0.2, 0.25) is 0 Å². The van der Waals surface area contributed by atoms with Crippen LogP contribution >= 0.6 is 11.9 Å². The number of tetrazole rings is 1. The zero-order chi connectivity index (χ0) is 19.4.